The molecule has 0 bridgehead atoms. The summed E-state index contributed by atoms with van der Waals surface area (Å²) in [6.07, 6.45) is 2.45. The number of benzene rings is 2. The van der Waals surface area contributed by atoms with Crippen molar-refractivity contribution in [3.8, 4) is 5.75 Å². The smallest absolute Gasteiger partial charge is 0.258 e. The average molecular weight is 381 g/mol. The van der Waals surface area contributed by atoms with Crippen molar-refractivity contribution in [1.82, 2.24) is 10.2 Å². The molecule has 4 nitrogen and oxygen atoms in total. The van der Waals surface area contributed by atoms with E-state index in [1.54, 1.807) is 0 Å². The number of hydrogen-bond donors (Lipinski definition) is 1. The molecular formula is C24H32N2O2. The highest BCUT2D eigenvalue weighted by molar-refractivity contribution is 5.77. The Labute approximate surface area is 168 Å². The average Bonchev–Trinajstić information content (AvgIpc) is 3.21. The van der Waals surface area contributed by atoms with Crippen molar-refractivity contribution >= 4 is 5.91 Å². The number of amides is 1. The fourth-order valence-electron chi connectivity index (χ4n) is 3.64. The van der Waals surface area contributed by atoms with Crippen LogP contribution in [-0.2, 0) is 10.2 Å². The molecule has 1 amide bonds. The summed E-state index contributed by atoms with van der Waals surface area (Å²) >= 11 is 0. The van der Waals surface area contributed by atoms with Gasteiger partial charge in [-0.3, -0.25) is 9.69 Å². The number of nitrogens with zero attached hydrogens (tertiary/aromatic N) is 1. The Morgan fingerprint density at radius 3 is 2.29 bits per heavy atom. The molecule has 1 N–H and O–H groups in total. The molecule has 3 rings (SSSR count). The van der Waals surface area contributed by atoms with Crippen molar-refractivity contribution in [2.45, 2.75) is 45.1 Å². The standard InChI is InChI=1S/C24H32N2O2/c1-24(2,3)20-13-11-19(12-14-20)22(26-15-7-8-16-26)17-25-23(27)18-28-21-9-5-4-6-10-21/h4-6,9-14,22H,7-8,15-18H2,1-3H3,(H,25,27)/t22-/m0/s1. The van der Waals surface area contributed by atoms with Crippen LogP contribution in [0.5, 0.6) is 5.75 Å². The van der Waals surface area contributed by atoms with E-state index in [9.17, 15) is 4.79 Å². The van der Waals surface area contributed by atoms with Gasteiger partial charge in [-0.25, -0.2) is 0 Å². The second kappa shape index (κ2) is 9.24. The summed E-state index contributed by atoms with van der Waals surface area (Å²) in [5.41, 5.74) is 2.74. The summed E-state index contributed by atoms with van der Waals surface area (Å²) in [6, 6.07) is 18.5. The molecule has 1 fully saturated rings. The molecule has 150 valence electrons. The number of rotatable bonds is 7. The van der Waals surface area contributed by atoms with E-state index in [4.69, 9.17) is 4.74 Å². The highest BCUT2D eigenvalue weighted by Crippen LogP contribution is 2.28. The Hall–Kier alpha value is -2.33. The third kappa shape index (κ3) is 5.59. The first-order valence-electron chi connectivity index (χ1n) is 10.2. The summed E-state index contributed by atoms with van der Waals surface area (Å²) in [6.45, 7) is 9.50. The molecule has 2 aromatic carbocycles. The highest BCUT2D eigenvalue weighted by Gasteiger charge is 2.24. The van der Waals surface area contributed by atoms with E-state index >= 15 is 0 Å². The summed E-state index contributed by atoms with van der Waals surface area (Å²) in [7, 11) is 0. The molecule has 4 heteroatoms. The zero-order chi connectivity index (χ0) is 20.0. The third-order valence-electron chi connectivity index (χ3n) is 5.35. The number of carbonyl (C=O) groups excluding carboxylic acids is 1. The van der Waals surface area contributed by atoms with Crippen LogP contribution in [0.15, 0.2) is 54.6 Å². The van der Waals surface area contributed by atoms with Crippen molar-refractivity contribution < 1.29 is 9.53 Å². The zero-order valence-electron chi connectivity index (χ0n) is 17.3. The van der Waals surface area contributed by atoms with Crippen molar-refractivity contribution in [3.05, 3.63) is 65.7 Å². The SMILES string of the molecule is CC(C)(C)c1ccc([C@H](CNC(=O)COc2ccccc2)N2CCCC2)cc1. The van der Waals surface area contributed by atoms with Crippen molar-refractivity contribution in [3.63, 3.8) is 0 Å². The van der Waals surface area contributed by atoms with Gasteiger partial charge in [0.2, 0.25) is 0 Å². The van der Waals surface area contributed by atoms with Gasteiger partial charge in [0.25, 0.3) is 5.91 Å². The molecule has 0 radical (unpaired) electrons. The summed E-state index contributed by atoms with van der Waals surface area (Å²) in [5.74, 6) is 0.630. The highest BCUT2D eigenvalue weighted by atomic mass is 16.5. The van der Waals surface area contributed by atoms with Gasteiger partial charge >= 0.3 is 0 Å². The zero-order valence-corrected chi connectivity index (χ0v) is 17.3. The first-order chi connectivity index (χ1) is 13.4. The number of ether oxygens (including phenoxy) is 1. The molecule has 28 heavy (non-hydrogen) atoms. The molecule has 0 aliphatic carbocycles. The maximum absolute atomic E-state index is 12.3. The van der Waals surface area contributed by atoms with E-state index < -0.39 is 0 Å². The number of likely N-dealkylation sites (tertiary alicyclic amines) is 1. The van der Waals surface area contributed by atoms with E-state index in [1.807, 2.05) is 30.3 Å². The molecule has 0 unspecified atom stereocenters. The van der Waals surface area contributed by atoms with Gasteiger partial charge in [0.05, 0.1) is 6.04 Å². The van der Waals surface area contributed by atoms with Gasteiger partial charge in [0, 0.05) is 6.54 Å². The fourth-order valence-corrected chi connectivity index (χ4v) is 3.64. The van der Waals surface area contributed by atoms with Gasteiger partial charge in [0.1, 0.15) is 5.75 Å². The van der Waals surface area contributed by atoms with Gasteiger partial charge in [-0.1, -0.05) is 63.2 Å². The van der Waals surface area contributed by atoms with Gasteiger partial charge in [0.15, 0.2) is 6.61 Å². The lowest BCUT2D eigenvalue weighted by atomic mass is 9.86. The number of hydrogen-bond acceptors (Lipinski definition) is 3. The van der Waals surface area contributed by atoms with Gasteiger partial charge in [-0.05, 0) is 54.6 Å². The van der Waals surface area contributed by atoms with Gasteiger partial charge < -0.3 is 10.1 Å². The second-order valence-corrected chi connectivity index (χ2v) is 8.54. The van der Waals surface area contributed by atoms with Gasteiger partial charge in [-0.15, -0.1) is 0 Å². The first kappa shape index (κ1) is 20.4. The largest absolute Gasteiger partial charge is 0.484 e. The van der Waals surface area contributed by atoms with E-state index in [-0.39, 0.29) is 24.0 Å². The number of nitrogens with one attached hydrogen (secondary N) is 1. The Balaban J connectivity index is 1.61. The first-order valence-corrected chi connectivity index (χ1v) is 10.2. The van der Waals surface area contributed by atoms with Crippen LogP contribution < -0.4 is 10.1 Å². The molecule has 1 saturated heterocycles. The van der Waals surface area contributed by atoms with Gasteiger partial charge in [-0.2, -0.15) is 0 Å². The van der Waals surface area contributed by atoms with Crippen LogP contribution in [0.4, 0.5) is 0 Å². The molecule has 1 aliphatic heterocycles. The van der Waals surface area contributed by atoms with Crippen LogP contribution in [0.3, 0.4) is 0 Å². The normalized spacial score (nSPS) is 16.0. The molecule has 0 saturated carbocycles. The predicted octanol–water partition coefficient (Wildman–Crippen LogP) is 4.32. The monoisotopic (exact) mass is 380 g/mol. The van der Waals surface area contributed by atoms with Crippen molar-refractivity contribution in [2.24, 2.45) is 0 Å². The van der Waals surface area contributed by atoms with Crippen LogP contribution in [-0.4, -0.2) is 37.0 Å². The molecule has 1 heterocycles. The minimum Gasteiger partial charge on any atom is -0.484 e. The van der Waals surface area contributed by atoms with E-state index in [0.29, 0.717) is 12.3 Å². The van der Waals surface area contributed by atoms with E-state index in [2.05, 4.69) is 55.3 Å². The molecule has 1 aliphatic rings. The lowest BCUT2D eigenvalue weighted by molar-refractivity contribution is -0.123. The Bertz CT molecular complexity index is 744. The third-order valence-corrected chi connectivity index (χ3v) is 5.35. The van der Waals surface area contributed by atoms with Crippen LogP contribution >= 0.6 is 0 Å². The second-order valence-electron chi connectivity index (χ2n) is 8.54. The lowest BCUT2D eigenvalue weighted by Crippen LogP contribution is -2.38. The molecular weight excluding hydrogens is 348 g/mol. The fraction of sp³-hybridized carbons (Fsp3) is 0.458. The quantitative estimate of drug-likeness (QED) is 0.778. The van der Waals surface area contributed by atoms with Crippen molar-refractivity contribution in [1.29, 1.82) is 0 Å². The Morgan fingerprint density at radius 2 is 1.68 bits per heavy atom. The molecule has 1 atom stereocenters. The maximum atomic E-state index is 12.3. The van der Waals surface area contributed by atoms with E-state index in [0.717, 1.165) is 13.1 Å². The predicted molar refractivity (Wildman–Crippen MR) is 114 cm³/mol. The Morgan fingerprint density at radius 1 is 1.04 bits per heavy atom. The summed E-state index contributed by atoms with van der Waals surface area (Å²) < 4.78 is 5.56. The topological polar surface area (TPSA) is 41.6 Å². The summed E-state index contributed by atoms with van der Waals surface area (Å²) in [5, 5.41) is 3.07. The lowest BCUT2D eigenvalue weighted by Gasteiger charge is -2.29. The minimum atomic E-state index is -0.0839. The van der Waals surface area contributed by atoms with Crippen LogP contribution in [0, 0.1) is 0 Å². The maximum Gasteiger partial charge on any atom is 0.258 e. The van der Waals surface area contributed by atoms with E-state index in [1.165, 1.54) is 24.0 Å². The molecule has 0 spiro atoms. The van der Waals surface area contributed by atoms with Crippen LogP contribution in [0.2, 0.25) is 0 Å². The Kier molecular flexibility index (Phi) is 6.74. The molecule has 2 aromatic rings. The van der Waals surface area contributed by atoms with Crippen LogP contribution in [0.25, 0.3) is 0 Å². The minimum absolute atomic E-state index is 0.0414. The number of para-hydroxylation sites is 1. The number of carbonyl (C=O) groups is 1. The van der Waals surface area contributed by atoms with Crippen LogP contribution in [0.1, 0.15) is 50.8 Å². The molecule has 0 aromatic heterocycles. The van der Waals surface area contributed by atoms with Crippen molar-refractivity contribution in [2.75, 3.05) is 26.2 Å². The summed E-state index contributed by atoms with van der Waals surface area (Å²) in [4.78, 5) is 14.8.